The fraction of sp³-hybridized carbons (Fsp3) is 0.154. The van der Waals surface area contributed by atoms with E-state index in [0.717, 1.165) is 22.9 Å². The molecule has 2 heterocycles. The van der Waals surface area contributed by atoms with Crippen molar-refractivity contribution in [3.63, 3.8) is 0 Å². The number of rotatable bonds is 3. The van der Waals surface area contributed by atoms with Gasteiger partial charge in [-0.05, 0) is 19.1 Å². The summed E-state index contributed by atoms with van der Waals surface area (Å²) in [4.78, 5) is 15.1. The summed E-state index contributed by atoms with van der Waals surface area (Å²) in [6, 6.07) is 7.27. The highest BCUT2D eigenvalue weighted by Crippen LogP contribution is 2.23. The molecule has 5 nitrogen and oxygen atoms in total. The largest absolute Gasteiger partial charge is 0.436 e. The van der Waals surface area contributed by atoms with Crippen LogP contribution in [0.5, 0.6) is 0 Å². The van der Waals surface area contributed by atoms with Crippen LogP contribution in [0.15, 0.2) is 41.1 Å². The number of hydrogen-bond acceptors (Lipinski definition) is 4. The predicted molar refractivity (Wildman–Crippen MR) is 66.0 cm³/mol. The maximum absolute atomic E-state index is 10.7. The van der Waals surface area contributed by atoms with E-state index in [-0.39, 0.29) is 6.04 Å². The monoisotopic (exact) mass is 241 g/mol. The van der Waals surface area contributed by atoms with E-state index in [1.807, 2.05) is 24.3 Å². The first kappa shape index (κ1) is 10.7. The first-order valence-corrected chi connectivity index (χ1v) is 5.63. The lowest BCUT2D eigenvalue weighted by Crippen LogP contribution is -2.05. The minimum Gasteiger partial charge on any atom is -0.436 e. The van der Waals surface area contributed by atoms with Gasteiger partial charge in [0.15, 0.2) is 5.58 Å². The van der Waals surface area contributed by atoms with E-state index >= 15 is 0 Å². The molecule has 0 aliphatic heterocycles. The summed E-state index contributed by atoms with van der Waals surface area (Å²) in [6.45, 7) is 1.77. The number of aromatic nitrogens is 3. The van der Waals surface area contributed by atoms with E-state index in [0.29, 0.717) is 5.89 Å². The van der Waals surface area contributed by atoms with E-state index in [2.05, 4.69) is 10.1 Å². The summed E-state index contributed by atoms with van der Waals surface area (Å²) in [6.07, 6.45) is 4.23. The number of para-hydroxylation sites is 2. The zero-order valence-corrected chi connectivity index (χ0v) is 9.78. The van der Waals surface area contributed by atoms with Crippen LogP contribution in [0.2, 0.25) is 0 Å². The molecular weight excluding hydrogens is 230 g/mol. The summed E-state index contributed by atoms with van der Waals surface area (Å²) in [5.74, 6) is 0.514. The second-order valence-corrected chi connectivity index (χ2v) is 4.07. The molecule has 0 amide bonds. The van der Waals surface area contributed by atoms with Gasteiger partial charge in [0.2, 0.25) is 5.89 Å². The minimum atomic E-state index is -0.289. The van der Waals surface area contributed by atoms with Crippen LogP contribution in [0.3, 0.4) is 0 Å². The third-order valence-corrected chi connectivity index (χ3v) is 2.76. The number of oxazole rings is 1. The van der Waals surface area contributed by atoms with Crippen molar-refractivity contribution >= 4 is 17.4 Å². The number of fused-ring (bicyclic) bond motifs is 1. The Morgan fingerprint density at radius 2 is 2.22 bits per heavy atom. The molecule has 1 aromatic carbocycles. The van der Waals surface area contributed by atoms with Gasteiger partial charge in [0.05, 0.1) is 11.8 Å². The quantitative estimate of drug-likeness (QED) is 0.661. The number of carbonyl (C=O) groups excluding carboxylic acids is 1. The molecule has 0 N–H and O–H groups in total. The van der Waals surface area contributed by atoms with E-state index in [4.69, 9.17) is 4.42 Å². The average molecular weight is 241 g/mol. The van der Waals surface area contributed by atoms with Crippen LogP contribution in [-0.2, 0) is 4.79 Å². The van der Waals surface area contributed by atoms with Crippen molar-refractivity contribution in [1.29, 1.82) is 0 Å². The Morgan fingerprint density at radius 3 is 3.00 bits per heavy atom. The smallest absolute Gasteiger partial charge is 0.230 e. The van der Waals surface area contributed by atoms with Crippen LogP contribution < -0.4 is 0 Å². The normalized spacial score (nSPS) is 12.7. The highest BCUT2D eigenvalue weighted by Gasteiger charge is 2.11. The van der Waals surface area contributed by atoms with Gasteiger partial charge in [0.25, 0.3) is 0 Å². The molecule has 1 unspecified atom stereocenters. The van der Waals surface area contributed by atoms with Crippen LogP contribution >= 0.6 is 0 Å². The first-order valence-electron chi connectivity index (χ1n) is 5.63. The molecule has 0 aliphatic rings. The van der Waals surface area contributed by atoms with Crippen molar-refractivity contribution < 1.29 is 9.21 Å². The summed E-state index contributed by atoms with van der Waals surface area (Å²) in [5.41, 5.74) is 2.31. The van der Waals surface area contributed by atoms with Gasteiger partial charge in [0.1, 0.15) is 17.8 Å². The lowest BCUT2D eigenvalue weighted by atomic mass is 10.3. The van der Waals surface area contributed by atoms with Crippen molar-refractivity contribution in [3.05, 3.63) is 36.7 Å². The van der Waals surface area contributed by atoms with Crippen molar-refractivity contribution in [3.8, 4) is 11.5 Å². The lowest BCUT2D eigenvalue weighted by molar-refractivity contribution is -0.110. The fourth-order valence-corrected chi connectivity index (χ4v) is 1.73. The Morgan fingerprint density at radius 1 is 1.39 bits per heavy atom. The molecule has 2 aromatic heterocycles. The molecule has 0 spiro atoms. The summed E-state index contributed by atoms with van der Waals surface area (Å²) >= 11 is 0. The Balaban J connectivity index is 2.03. The topological polar surface area (TPSA) is 60.9 Å². The van der Waals surface area contributed by atoms with Crippen molar-refractivity contribution in [2.24, 2.45) is 0 Å². The zero-order valence-electron chi connectivity index (χ0n) is 9.78. The Kier molecular flexibility index (Phi) is 2.44. The molecule has 0 aliphatic carbocycles. The summed E-state index contributed by atoms with van der Waals surface area (Å²) in [5, 5.41) is 4.12. The van der Waals surface area contributed by atoms with Crippen LogP contribution in [0, 0.1) is 0 Å². The molecule has 5 heteroatoms. The highest BCUT2D eigenvalue weighted by molar-refractivity contribution is 5.75. The molecule has 18 heavy (non-hydrogen) atoms. The summed E-state index contributed by atoms with van der Waals surface area (Å²) < 4.78 is 7.21. The van der Waals surface area contributed by atoms with Crippen molar-refractivity contribution in [2.75, 3.05) is 0 Å². The van der Waals surface area contributed by atoms with Crippen LogP contribution in [-0.4, -0.2) is 21.1 Å². The minimum absolute atomic E-state index is 0.289. The second kappa shape index (κ2) is 4.10. The Bertz CT molecular complexity index is 666. The van der Waals surface area contributed by atoms with Crippen molar-refractivity contribution in [1.82, 2.24) is 14.8 Å². The van der Waals surface area contributed by atoms with Gasteiger partial charge in [0, 0.05) is 6.20 Å². The molecule has 3 aromatic rings. The third-order valence-electron chi connectivity index (χ3n) is 2.76. The number of hydrogen-bond donors (Lipinski definition) is 0. The van der Waals surface area contributed by atoms with Gasteiger partial charge in [-0.3, -0.25) is 4.68 Å². The molecular formula is C13H11N3O2. The molecule has 0 radical (unpaired) electrons. The number of carbonyl (C=O) groups is 1. The first-order chi connectivity index (χ1) is 8.78. The molecule has 3 rings (SSSR count). The van der Waals surface area contributed by atoms with Crippen molar-refractivity contribution in [2.45, 2.75) is 13.0 Å². The Labute approximate surface area is 103 Å². The zero-order chi connectivity index (χ0) is 12.5. The molecule has 90 valence electrons. The Hall–Kier alpha value is -2.43. The van der Waals surface area contributed by atoms with Gasteiger partial charge >= 0.3 is 0 Å². The second-order valence-electron chi connectivity index (χ2n) is 4.07. The summed E-state index contributed by atoms with van der Waals surface area (Å²) in [7, 11) is 0. The SMILES string of the molecule is CC(C=O)n1cc(-c2nc3ccccc3o2)cn1. The van der Waals surface area contributed by atoms with Crippen LogP contribution in [0.1, 0.15) is 13.0 Å². The predicted octanol–water partition coefficient (Wildman–Crippen LogP) is 2.45. The van der Waals surface area contributed by atoms with Gasteiger partial charge in [-0.1, -0.05) is 12.1 Å². The maximum Gasteiger partial charge on any atom is 0.230 e. The lowest BCUT2D eigenvalue weighted by Gasteiger charge is -2.01. The fourth-order valence-electron chi connectivity index (χ4n) is 1.73. The van der Waals surface area contributed by atoms with E-state index in [1.54, 1.807) is 24.0 Å². The van der Waals surface area contributed by atoms with Crippen LogP contribution in [0.25, 0.3) is 22.6 Å². The maximum atomic E-state index is 10.7. The molecule has 0 saturated carbocycles. The number of aldehydes is 1. The standard InChI is InChI=1S/C13H11N3O2/c1-9(8-17)16-7-10(6-14-16)13-15-11-4-2-3-5-12(11)18-13/h2-9H,1H3. The average Bonchev–Trinajstić information content (AvgIpc) is 3.03. The molecule has 1 atom stereocenters. The van der Waals surface area contributed by atoms with E-state index < -0.39 is 0 Å². The van der Waals surface area contributed by atoms with Gasteiger partial charge in [-0.2, -0.15) is 5.10 Å². The molecule has 0 fully saturated rings. The third kappa shape index (κ3) is 1.69. The number of benzene rings is 1. The number of nitrogens with zero attached hydrogens (tertiary/aromatic N) is 3. The molecule has 0 bridgehead atoms. The van der Waals surface area contributed by atoms with Gasteiger partial charge < -0.3 is 9.21 Å². The van der Waals surface area contributed by atoms with Gasteiger partial charge in [-0.15, -0.1) is 0 Å². The van der Waals surface area contributed by atoms with Crippen LogP contribution in [0.4, 0.5) is 0 Å². The van der Waals surface area contributed by atoms with E-state index in [9.17, 15) is 4.79 Å². The van der Waals surface area contributed by atoms with E-state index in [1.165, 1.54) is 0 Å². The highest BCUT2D eigenvalue weighted by atomic mass is 16.3. The molecule has 0 saturated heterocycles. The van der Waals surface area contributed by atoms with Gasteiger partial charge in [-0.25, -0.2) is 4.98 Å².